The molecule has 7 aromatic carbocycles. The van der Waals surface area contributed by atoms with Gasteiger partial charge in [-0.2, -0.15) is 0 Å². The third-order valence-electron chi connectivity index (χ3n) is 11.2. The number of carbonyl (C=O) groups is 4. The van der Waals surface area contributed by atoms with E-state index in [1.807, 2.05) is 78.9 Å². The summed E-state index contributed by atoms with van der Waals surface area (Å²) in [6.45, 7) is 11.6. The Morgan fingerprint density at radius 1 is 0.371 bits per heavy atom. The molecular formula is C54H50O8. The molecule has 62 heavy (non-hydrogen) atoms. The number of ketones is 2. The second kappa shape index (κ2) is 18.9. The zero-order valence-electron chi connectivity index (χ0n) is 36.3. The second-order valence-electron chi connectivity index (χ2n) is 16.0. The van der Waals surface area contributed by atoms with E-state index in [2.05, 4.69) is 52.0 Å². The first kappa shape index (κ1) is 44.2. The number of benzene rings is 7. The Morgan fingerprint density at radius 2 is 0.677 bits per heavy atom. The predicted octanol–water partition coefficient (Wildman–Crippen LogP) is 12.0. The Balaban J connectivity index is 0.000000209. The van der Waals surface area contributed by atoms with Crippen LogP contribution in [0.4, 0.5) is 0 Å². The van der Waals surface area contributed by atoms with Gasteiger partial charge in [0.2, 0.25) is 0 Å². The van der Waals surface area contributed by atoms with Gasteiger partial charge in [-0.15, -0.1) is 0 Å². The summed E-state index contributed by atoms with van der Waals surface area (Å²) in [5, 5.41) is 1.79. The van der Waals surface area contributed by atoms with E-state index in [-0.39, 0.29) is 22.4 Å². The lowest BCUT2D eigenvalue weighted by Gasteiger charge is -2.26. The van der Waals surface area contributed by atoms with Crippen molar-refractivity contribution in [3.63, 3.8) is 0 Å². The van der Waals surface area contributed by atoms with Crippen molar-refractivity contribution in [1.29, 1.82) is 0 Å². The maximum Gasteiger partial charge on any atom is 0.343 e. The molecule has 0 heterocycles. The highest BCUT2D eigenvalue weighted by Crippen LogP contribution is 2.35. The van der Waals surface area contributed by atoms with E-state index in [9.17, 15) is 19.2 Å². The maximum atomic E-state index is 12.7. The number of hydrogen-bond donors (Lipinski definition) is 0. The zero-order valence-corrected chi connectivity index (χ0v) is 36.3. The summed E-state index contributed by atoms with van der Waals surface area (Å²) in [4.78, 5) is 48.2. The molecule has 0 saturated carbocycles. The van der Waals surface area contributed by atoms with Gasteiger partial charge in [0.1, 0.15) is 23.0 Å². The number of methoxy groups -OCH3 is 2. The van der Waals surface area contributed by atoms with E-state index in [1.54, 1.807) is 68.8 Å². The maximum absolute atomic E-state index is 12.7. The van der Waals surface area contributed by atoms with E-state index in [0.717, 1.165) is 44.5 Å². The van der Waals surface area contributed by atoms with Gasteiger partial charge in [0, 0.05) is 22.0 Å². The largest absolute Gasteiger partial charge is 0.497 e. The Labute approximate surface area is 363 Å². The summed E-state index contributed by atoms with van der Waals surface area (Å²) in [6.07, 6.45) is 0. The van der Waals surface area contributed by atoms with Crippen molar-refractivity contribution in [2.75, 3.05) is 14.2 Å². The highest BCUT2D eigenvalue weighted by atomic mass is 16.5. The molecule has 8 nitrogen and oxygen atoms in total. The number of esters is 2. The molecule has 0 spiro atoms. The lowest BCUT2D eigenvalue weighted by Crippen LogP contribution is -2.18. The Bertz CT molecular complexity index is 2710. The molecule has 0 aliphatic carbocycles. The fraction of sp³-hybridized carbons (Fsp3) is 0.185. The third-order valence-corrected chi connectivity index (χ3v) is 11.2. The lowest BCUT2D eigenvalue weighted by molar-refractivity contribution is 0.0725. The molecule has 314 valence electrons. The molecule has 8 heteroatoms. The molecule has 0 radical (unpaired) electrons. The topological polar surface area (TPSA) is 105 Å². The van der Waals surface area contributed by atoms with Crippen LogP contribution in [0.2, 0.25) is 0 Å². The van der Waals surface area contributed by atoms with Crippen LogP contribution in [0.25, 0.3) is 10.8 Å². The van der Waals surface area contributed by atoms with E-state index in [4.69, 9.17) is 18.9 Å². The molecule has 7 aromatic rings. The van der Waals surface area contributed by atoms with E-state index >= 15 is 0 Å². The minimum atomic E-state index is -0.490. The minimum Gasteiger partial charge on any atom is -0.497 e. The van der Waals surface area contributed by atoms with Crippen molar-refractivity contribution in [3.05, 3.63) is 202 Å². The van der Waals surface area contributed by atoms with Crippen molar-refractivity contribution in [2.24, 2.45) is 0 Å². The van der Waals surface area contributed by atoms with Gasteiger partial charge < -0.3 is 18.9 Å². The van der Waals surface area contributed by atoms with Gasteiger partial charge in [-0.05, 0) is 126 Å². The number of rotatable bonds is 12. The van der Waals surface area contributed by atoms with Gasteiger partial charge in [-0.1, -0.05) is 107 Å². The molecule has 0 bridgehead atoms. The molecule has 0 aliphatic rings. The SMILES string of the molecule is COc1ccc(C(C)(C)c2ccc(OC(=O)c3ccc4cc(C(C)=O)ccc4c3)cc2)cc1.COc1ccc(C(C)(C)c2ccc(OC(=O)c3cccc(C(C)=O)c3)cc2)cc1. The monoisotopic (exact) mass is 826 g/mol. The van der Waals surface area contributed by atoms with E-state index in [0.29, 0.717) is 33.8 Å². The quantitative estimate of drug-likeness (QED) is 0.0681. The number of carbonyl (C=O) groups excluding carboxylic acids is 4. The number of fused-ring (bicyclic) bond motifs is 1. The van der Waals surface area contributed by atoms with Crippen molar-refractivity contribution in [3.8, 4) is 23.0 Å². The first-order valence-electron chi connectivity index (χ1n) is 20.2. The summed E-state index contributed by atoms with van der Waals surface area (Å²) < 4.78 is 21.6. The zero-order chi connectivity index (χ0) is 44.6. The summed E-state index contributed by atoms with van der Waals surface area (Å²) in [5.74, 6) is 1.60. The van der Waals surface area contributed by atoms with Crippen LogP contribution < -0.4 is 18.9 Å². The van der Waals surface area contributed by atoms with Crippen molar-refractivity contribution >= 4 is 34.3 Å². The minimum absolute atomic E-state index is 0.0130. The average Bonchev–Trinajstić information content (AvgIpc) is 3.29. The lowest BCUT2D eigenvalue weighted by atomic mass is 9.78. The first-order valence-corrected chi connectivity index (χ1v) is 20.2. The van der Waals surface area contributed by atoms with Gasteiger partial charge in [0.15, 0.2) is 11.6 Å². The average molecular weight is 827 g/mol. The molecule has 0 N–H and O–H groups in total. The molecule has 0 fully saturated rings. The molecule has 0 atom stereocenters. The fourth-order valence-electron chi connectivity index (χ4n) is 7.02. The van der Waals surface area contributed by atoms with Gasteiger partial charge in [-0.3, -0.25) is 9.59 Å². The van der Waals surface area contributed by atoms with Gasteiger partial charge in [-0.25, -0.2) is 9.59 Å². The molecule has 7 rings (SSSR count). The van der Waals surface area contributed by atoms with Gasteiger partial charge in [0.25, 0.3) is 0 Å². The molecule has 0 aliphatic heterocycles. The van der Waals surface area contributed by atoms with Gasteiger partial charge in [0.05, 0.1) is 25.3 Å². The van der Waals surface area contributed by atoms with Crippen LogP contribution in [0.1, 0.15) is 105 Å². The van der Waals surface area contributed by atoms with E-state index in [1.165, 1.54) is 13.8 Å². The van der Waals surface area contributed by atoms with Crippen LogP contribution in [0.15, 0.2) is 158 Å². The first-order chi connectivity index (χ1) is 29.6. The van der Waals surface area contributed by atoms with Crippen molar-refractivity contribution in [2.45, 2.75) is 52.4 Å². The second-order valence-corrected chi connectivity index (χ2v) is 16.0. The van der Waals surface area contributed by atoms with Gasteiger partial charge >= 0.3 is 11.9 Å². The molecule has 0 aromatic heterocycles. The Morgan fingerprint density at radius 3 is 1.05 bits per heavy atom. The van der Waals surface area contributed by atoms with Crippen molar-refractivity contribution in [1.82, 2.24) is 0 Å². The molecular weight excluding hydrogens is 777 g/mol. The van der Waals surface area contributed by atoms with Crippen LogP contribution >= 0.6 is 0 Å². The third kappa shape index (κ3) is 10.3. The fourth-order valence-corrected chi connectivity index (χ4v) is 7.02. The number of hydrogen-bond acceptors (Lipinski definition) is 8. The highest BCUT2D eigenvalue weighted by Gasteiger charge is 2.25. The molecule has 0 amide bonds. The summed E-state index contributed by atoms with van der Waals surface area (Å²) in [5.41, 5.74) is 6.03. The normalized spacial score (nSPS) is 11.2. The van der Waals surface area contributed by atoms with E-state index < -0.39 is 11.9 Å². The van der Waals surface area contributed by atoms with Crippen LogP contribution in [0.5, 0.6) is 23.0 Å². The predicted molar refractivity (Wildman–Crippen MR) is 243 cm³/mol. The van der Waals surface area contributed by atoms with Crippen LogP contribution in [0.3, 0.4) is 0 Å². The molecule has 0 unspecified atom stereocenters. The summed E-state index contributed by atoms with van der Waals surface area (Å²) >= 11 is 0. The molecule has 0 saturated heterocycles. The number of ether oxygens (including phenoxy) is 4. The summed E-state index contributed by atoms with van der Waals surface area (Å²) in [7, 11) is 3.30. The van der Waals surface area contributed by atoms with Crippen LogP contribution in [0, 0.1) is 0 Å². The Hall–Kier alpha value is -7.32. The standard InChI is InChI=1S/C29H26O4.C25H24O4/c1-19(30)20-5-6-22-18-23(8-7-21(22)17-20)28(31)33-27-15-11-25(12-16-27)29(2,3)24-9-13-26(32-4)14-10-24;1-17(26)18-6-5-7-19(16-18)24(27)29-23-14-10-21(11-15-23)25(2,3)20-8-12-22(28-4)13-9-20/h5-18H,1-4H3;5-16H,1-4H3. The van der Waals surface area contributed by atoms with Crippen LogP contribution in [-0.4, -0.2) is 37.7 Å². The summed E-state index contributed by atoms with van der Waals surface area (Å²) in [6, 6.07) is 48.4. The van der Waals surface area contributed by atoms with Crippen molar-refractivity contribution < 1.29 is 38.1 Å². The Kier molecular flexibility index (Phi) is 13.5. The van der Waals surface area contributed by atoms with Crippen LogP contribution in [-0.2, 0) is 10.8 Å². The smallest absolute Gasteiger partial charge is 0.343 e. The highest BCUT2D eigenvalue weighted by molar-refractivity contribution is 6.01. The number of Topliss-reactive ketones (excluding diaryl/α,β-unsaturated/α-hetero) is 2.